The SMILES string of the molecule is CCCc1[nH]c(=O)c2ccccc2c1CCC. The molecule has 90 valence electrons. The third-order valence-corrected chi connectivity index (χ3v) is 3.13. The number of nitrogens with one attached hydrogen (secondary N) is 1. The molecule has 2 aromatic rings. The summed E-state index contributed by atoms with van der Waals surface area (Å²) in [5.74, 6) is 0. The summed E-state index contributed by atoms with van der Waals surface area (Å²) in [6, 6.07) is 7.90. The van der Waals surface area contributed by atoms with Crippen LogP contribution in [0.1, 0.15) is 37.9 Å². The summed E-state index contributed by atoms with van der Waals surface area (Å²) in [6.07, 6.45) is 4.15. The Morgan fingerprint density at radius 3 is 2.29 bits per heavy atom. The van der Waals surface area contributed by atoms with Crippen LogP contribution in [0.2, 0.25) is 0 Å². The first-order valence-electron chi connectivity index (χ1n) is 6.40. The lowest BCUT2D eigenvalue weighted by molar-refractivity contribution is 0.831. The highest BCUT2D eigenvalue weighted by Crippen LogP contribution is 2.20. The lowest BCUT2D eigenvalue weighted by Crippen LogP contribution is -2.13. The Bertz CT molecular complexity index is 569. The van der Waals surface area contributed by atoms with Gasteiger partial charge in [-0.2, -0.15) is 0 Å². The molecule has 2 nitrogen and oxygen atoms in total. The van der Waals surface area contributed by atoms with Crippen molar-refractivity contribution in [2.75, 3.05) is 0 Å². The molecule has 0 fully saturated rings. The largest absolute Gasteiger partial charge is 0.325 e. The summed E-state index contributed by atoms with van der Waals surface area (Å²) >= 11 is 0. The van der Waals surface area contributed by atoms with Crippen molar-refractivity contribution in [1.82, 2.24) is 4.98 Å². The Labute approximate surface area is 102 Å². The van der Waals surface area contributed by atoms with Gasteiger partial charge in [0.2, 0.25) is 0 Å². The van der Waals surface area contributed by atoms with Crippen LogP contribution in [0.25, 0.3) is 10.8 Å². The molecule has 0 unspecified atom stereocenters. The van der Waals surface area contributed by atoms with Gasteiger partial charge in [-0.25, -0.2) is 0 Å². The predicted molar refractivity (Wildman–Crippen MR) is 72.6 cm³/mol. The number of fused-ring (bicyclic) bond motifs is 1. The van der Waals surface area contributed by atoms with E-state index in [-0.39, 0.29) is 5.56 Å². The number of H-pyrrole nitrogens is 1. The fourth-order valence-corrected chi connectivity index (χ4v) is 2.39. The zero-order valence-corrected chi connectivity index (χ0v) is 10.5. The van der Waals surface area contributed by atoms with Crippen LogP contribution in [0.15, 0.2) is 29.1 Å². The number of benzene rings is 1. The molecule has 17 heavy (non-hydrogen) atoms. The Balaban J connectivity index is 2.73. The molecular weight excluding hydrogens is 210 g/mol. The van der Waals surface area contributed by atoms with Crippen LogP contribution in [0.3, 0.4) is 0 Å². The molecule has 1 aromatic heterocycles. The van der Waals surface area contributed by atoms with E-state index in [1.807, 2.05) is 18.2 Å². The lowest BCUT2D eigenvalue weighted by Gasteiger charge is -2.11. The van der Waals surface area contributed by atoms with E-state index in [0.717, 1.165) is 42.1 Å². The molecule has 2 rings (SSSR count). The second-order valence-electron chi connectivity index (χ2n) is 4.46. The van der Waals surface area contributed by atoms with Crippen LogP contribution in [0.4, 0.5) is 0 Å². The lowest BCUT2D eigenvalue weighted by atomic mass is 9.98. The van der Waals surface area contributed by atoms with Gasteiger partial charge < -0.3 is 4.98 Å². The van der Waals surface area contributed by atoms with Crippen molar-refractivity contribution >= 4 is 10.8 Å². The molecule has 0 amide bonds. The van der Waals surface area contributed by atoms with Crippen LogP contribution < -0.4 is 5.56 Å². The van der Waals surface area contributed by atoms with E-state index in [0.29, 0.717) is 0 Å². The van der Waals surface area contributed by atoms with E-state index >= 15 is 0 Å². The van der Waals surface area contributed by atoms with Crippen LogP contribution in [-0.2, 0) is 12.8 Å². The van der Waals surface area contributed by atoms with Crippen LogP contribution >= 0.6 is 0 Å². The monoisotopic (exact) mass is 229 g/mol. The van der Waals surface area contributed by atoms with Crippen LogP contribution in [0, 0.1) is 0 Å². The molecule has 1 aromatic carbocycles. The summed E-state index contributed by atoms with van der Waals surface area (Å²) in [5, 5.41) is 1.94. The minimum atomic E-state index is 0.0453. The van der Waals surface area contributed by atoms with Gasteiger partial charge >= 0.3 is 0 Å². The minimum Gasteiger partial charge on any atom is -0.325 e. The predicted octanol–water partition coefficient (Wildman–Crippen LogP) is 3.43. The molecule has 1 N–H and O–H groups in total. The molecule has 0 radical (unpaired) electrons. The number of aromatic nitrogens is 1. The first kappa shape index (κ1) is 11.9. The van der Waals surface area contributed by atoms with Crippen molar-refractivity contribution in [1.29, 1.82) is 0 Å². The highest BCUT2D eigenvalue weighted by Gasteiger charge is 2.09. The standard InChI is InChI=1S/C15H19NO/c1-3-7-12-11-9-5-6-10-13(11)15(17)16-14(12)8-4-2/h5-6,9-10H,3-4,7-8H2,1-2H3,(H,16,17). The van der Waals surface area contributed by atoms with Gasteiger partial charge in [0.1, 0.15) is 0 Å². The zero-order chi connectivity index (χ0) is 12.3. The molecule has 2 heteroatoms. The average Bonchev–Trinajstić information content (AvgIpc) is 2.34. The number of pyridine rings is 1. The normalized spacial score (nSPS) is 10.9. The van der Waals surface area contributed by atoms with Crippen molar-refractivity contribution < 1.29 is 0 Å². The Morgan fingerprint density at radius 1 is 1.00 bits per heavy atom. The van der Waals surface area contributed by atoms with Crippen molar-refractivity contribution in [2.45, 2.75) is 39.5 Å². The summed E-state index contributed by atoms with van der Waals surface area (Å²) in [7, 11) is 0. The second kappa shape index (κ2) is 5.17. The molecule has 0 aliphatic rings. The maximum Gasteiger partial charge on any atom is 0.256 e. The van der Waals surface area contributed by atoms with E-state index in [1.54, 1.807) is 0 Å². The highest BCUT2D eigenvalue weighted by atomic mass is 16.1. The quantitative estimate of drug-likeness (QED) is 0.856. The number of hydrogen-bond acceptors (Lipinski definition) is 1. The second-order valence-corrected chi connectivity index (χ2v) is 4.46. The first-order chi connectivity index (χ1) is 8.27. The topological polar surface area (TPSA) is 32.9 Å². The average molecular weight is 229 g/mol. The molecule has 0 saturated carbocycles. The Hall–Kier alpha value is -1.57. The number of hydrogen-bond donors (Lipinski definition) is 1. The van der Waals surface area contributed by atoms with Gasteiger partial charge in [-0.3, -0.25) is 4.79 Å². The van der Waals surface area contributed by atoms with Gasteiger partial charge in [0.25, 0.3) is 5.56 Å². The van der Waals surface area contributed by atoms with Crippen molar-refractivity contribution in [3.63, 3.8) is 0 Å². The number of rotatable bonds is 4. The van der Waals surface area contributed by atoms with Gasteiger partial charge in [0.05, 0.1) is 0 Å². The van der Waals surface area contributed by atoms with E-state index in [2.05, 4.69) is 24.9 Å². The fourth-order valence-electron chi connectivity index (χ4n) is 2.39. The van der Waals surface area contributed by atoms with Gasteiger partial charge in [-0.05, 0) is 29.9 Å². The van der Waals surface area contributed by atoms with E-state index in [9.17, 15) is 4.79 Å². The van der Waals surface area contributed by atoms with Crippen molar-refractivity contribution in [3.05, 3.63) is 45.9 Å². The molecule has 0 aliphatic carbocycles. The first-order valence-corrected chi connectivity index (χ1v) is 6.40. The van der Waals surface area contributed by atoms with E-state index < -0.39 is 0 Å². The molecular formula is C15H19NO. The van der Waals surface area contributed by atoms with Gasteiger partial charge in [-0.15, -0.1) is 0 Å². The molecule has 0 aliphatic heterocycles. The summed E-state index contributed by atoms with van der Waals surface area (Å²) in [5.41, 5.74) is 2.49. The van der Waals surface area contributed by atoms with Crippen molar-refractivity contribution in [3.8, 4) is 0 Å². The molecule has 0 atom stereocenters. The van der Waals surface area contributed by atoms with E-state index in [1.165, 1.54) is 5.56 Å². The van der Waals surface area contributed by atoms with Gasteiger partial charge in [-0.1, -0.05) is 44.9 Å². The number of aryl methyl sites for hydroxylation is 2. The summed E-state index contributed by atoms with van der Waals surface area (Å²) in [6.45, 7) is 4.32. The third-order valence-electron chi connectivity index (χ3n) is 3.13. The van der Waals surface area contributed by atoms with Crippen LogP contribution in [0.5, 0.6) is 0 Å². The zero-order valence-electron chi connectivity index (χ0n) is 10.5. The van der Waals surface area contributed by atoms with Crippen LogP contribution in [-0.4, -0.2) is 4.98 Å². The fraction of sp³-hybridized carbons (Fsp3) is 0.400. The van der Waals surface area contributed by atoms with Crippen molar-refractivity contribution in [2.24, 2.45) is 0 Å². The molecule has 0 bridgehead atoms. The summed E-state index contributed by atoms with van der Waals surface area (Å²) in [4.78, 5) is 15.0. The highest BCUT2D eigenvalue weighted by molar-refractivity contribution is 5.85. The number of aromatic amines is 1. The molecule has 0 saturated heterocycles. The maximum atomic E-state index is 12.0. The van der Waals surface area contributed by atoms with E-state index in [4.69, 9.17) is 0 Å². The minimum absolute atomic E-state index is 0.0453. The molecule has 1 heterocycles. The summed E-state index contributed by atoms with van der Waals surface area (Å²) < 4.78 is 0. The smallest absolute Gasteiger partial charge is 0.256 e. The Kier molecular flexibility index (Phi) is 3.62. The van der Waals surface area contributed by atoms with Gasteiger partial charge in [0, 0.05) is 11.1 Å². The maximum absolute atomic E-state index is 12.0. The van der Waals surface area contributed by atoms with Gasteiger partial charge in [0.15, 0.2) is 0 Å². The Morgan fingerprint density at radius 2 is 1.65 bits per heavy atom. The third kappa shape index (κ3) is 2.26. The molecule has 0 spiro atoms.